The van der Waals surface area contributed by atoms with Crippen molar-refractivity contribution < 1.29 is 13.9 Å². The van der Waals surface area contributed by atoms with Crippen LogP contribution in [-0.4, -0.2) is 27.5 Å². The van der Waals surface area contributed by atoms with Gasteiger partial charge in [-0.2, -0.15) is 5.10 Å². The van der Waals surface area contributed by atoms with Crippen molar-refractivity contribution in [2.24, 2.45) is 0 Å². The second kappa shape index (κ2) is 6.78. The summed E-state index contributed by atoms with van der Waals surface area (Å²) in [5.41, 5.74) is 1.04. The van der Waals surface area contributed by atoms with Gasteiger partial charge >= 0.3 is 0 Å². The maximum absolute atomic E-state index is 13.5. The predicted molar refractivity (Wildman–Crippen MR) is 75.7 cm³/mol. The van der Waals surface area contributed by atoms with Gasteiger partial charge in [0, 0.05) is 24.3 Å². The molecule has 0 aliphatic heterocycles. The quantitative estimate of drug-likeness (QED) is 0.859. The molecule has 21 heavy (non-hydrogen) atoms. The number of aliphatic hydroxyl groups is 1. The number of aryl methyl sites for hydroxylation is 1. The smallest absolute Gasteiger partial charge is 0.129 e. The third kappa shape index (κ3) is 4.34. The number of aliphatic hydroxyl groups excluding tert-OH is 1. The summed E-state index contributed by atoms with van der Waals surface area (Å²) in [6.07, 6.45) is 2.59. The Morgan fingerprint density at radius 2 is 2.14 bits per heavy atom. The lowest BCUT2D eigenvalue weighted by Crippen LogP contribution is -2.34. The van der Waals surface area contributed by atoms with Gasteiger partial charge in [0.15, 0.2) is 0 Å². The SMILES string of the molecule is Cc1cnn(C[C@H](C)NC[C@H](O)c2cc(F)ccc2F)c1. The molecule has 0 saturated heterocycles. The van der Waals surface area contributed by atoms with Crippen molar-refractivity contribution in [2.45, 2.75) is 32.5 Å². The van der Waals surface area contributed by atoms with Gasteiger partial charge in [0.25, 0.3) is 0 Å². The third-order valence-corrected chi connectivity index (χ3v) is 3.20. The first-order valence-electron chi connectivity index (χ1n) is 6.81. The molecule has 0 spiro atoms. The van der Waals surface area contributed by atoms with Crippen LogP contribution in [0.1, 0.15) is 24.2 Å². The van der Waals surface area contributed by atoms with Crippen molar-refractivity contribution in [2.75, 3.05) is 6.54 Å². The van der Waals surface area contributed by atoms with Crippen molar-refractivity contribution in [3.8, 4) is 0 Å². The Balaban J connectivity index is 1.88. The molecule has 2 aromatic rings. The minimum Gasteiger partial charge on any atom is -0.387 e. The van der Waals surface area contributed by atoms with Gasteiger partial charge in [-0.15, -0.1) is 0 Å². The number of halogens is 2. The predicted octanol–water partition coefficient (Wildman–Crippen LogP) is 2.18. The summed E-state index contributed by atoms with van der Waals surface area (Å²) in [4.78, 5) is 0. The van der Waals surface area contributed by atoms with E-state index in [1.54, 1.807) is 10.9 Å². The molecular weight excluding hydrogens is 276 g/mol. The molecule has 0 bridgehead atoms. The number of nitrogens with zero attached hydrogens (tertiary/aromatic N) is 2. The molecule has 0 fully saturated rings. The molecule has 0 aliphatic carbocycles. The van der Waals surface area contributed by atoms with E-state index in [0.29, 0.717) is 6.54 Å². The van der Waals surface area contributed by atoms with Gasteiger partial charge in [-0.05, 0) is 37.6 Å². The van der Waals surface area contributed by atoms with Crippen molar-refractivity contribution >= 4 is 0 Å². The van der Waals surface area contributed by atoms with E-state index in [-0.39, 0.29) is 18.2 Å². The van der Waals surface area contributed by atoms with Gasteiger partial charge in [0.05, 0.1) is 18.8 Å². The minimum atomic E-state index is -1.09. The largest absolute Gasteiger partial charge is 0.387 e. The van der Waals surface area contributed by atoms with Gasteiger partial charge in [-0.25, -0.2) is 8.78 Å². The summed E-state index contributed by atoms with van der Waals surface area (Å²) < 4.78 is 28.4. The van der Waals surface area contributed by atoms with Gasteiger partial charge < -0.3 is 10.4 Å². The highest BCUT2D eigenvalue weighted by molar-refractivity contribution is 5.21. The molecule has 1 heterocycles. The number of hydrogen-bond acceptors (Lipinski definition) is 3. The van der Waals surface area contributed by atoms with Crippen LogP contribution < -0.4 is 5.32 Å². The highest BCUT2D eigenvalue weighted by Gasteiger charge is 2.15. The summed E-state index contributed by atoms with van der Waals surface area (Å²) in [6.45, 7) is 4.66. The van der Waals surface area contributed by atoms with Crippen LogP contribution in [-0.2, 0) is 6.54 Å². The molecule has 0 unspecified atom stereocenters. The molecule has 1 aromatic carbocycles. The molecule has 0 radical (unpaired) electrons. The molecule has 2 N–H and O–H groups in total. The average Bonchev–Trinajstić information content (AvgIpc) is 2.84. The fourth-order valence-corrected chi connectivity index (χ4v) is 2.10. The van der Waals surface area contributed by atoms with Crippen molar-refractivity contribution in [3.63, 3.8) is 0 Å². The lowest BCUT2D eigenvalue weighted by molar-refractivity contribution is 0.164. The van der Waals surface area contributed by atoms with Crippen LogP contribution >= 0.6 is 0 Å². The van der Waals surface area contributed by atoms with E-state index in [1.807, 2.05) is 20.0 Å². The van der Waals surface area contributed by atoms with E-state index in [0.717, 1.165) is 23.8 Å². The number of benzene rings is 1. The first-order valence-corrected chi connectivity index (χ1v) is 6.81. The van der Waals surface area contributed by atoms with Gasteiger partial charge in [0.1, 0.15) is 11.6 Å². The fraction of sp³-hybridized carbons (Fsp3) is 0.400. The van der Waals surface area contributed by atoms with E-state index in [4.69, 9.17) is 0 Å². The molecule has 0 saturated carbocycles. The van der Waals surface area contributed by atoms with Crippen molar-refractivity contribution in [3.05, 3.63) is 53.4 Å². The van der Waals surface area contributed by atoms with E-state index in [1.165, 1.54) is 0 Å². The Labute approximate surface area is 122 Å². The van der Waals surface area contributed by atoms with Crippen molar-refractivity contribution in [1.29, 1.82) is 0 Å². The first-order chi connectivity index (χ1) is 9.95. The fourth-order valence-electron chi connectivity index (χ4n) is 2.10. The van der Waals surface area contributed by atoms with Crippen LogP contribution in [0.2, 0.25) is 0 Å². The van der Waals surface area contributed by atoms with Crippen molar-refractivity contribution in [1.82, 2.24) is 15.1 Å². The lowest BCUT2D eigenvalue weighted by Gasteiger charge is -2.18. The Bertz CT molecular complexity index is 600. The highest BCUT2D eigenvalue weighted by Crippen LogP contribution is 2.17. The van der Waals surface area contributed by atoms with Crippen LogP contribution in [0.3, 0.4) is 0 Å². The van der Waals surface area contributed by atoms with E-state index >= 15 is 0 Å². The molecule has 4 nitrogen and oxygen atoms in total. The normalized spacial score (nSPS) is 14.1. The topological polar surface area (TPSA) is 50.1 Å². The van der Waals surface area contributed by atoms with Gasteiger partial charge in [-0.3, -0.25) is 4.68 Å². The van der Waals surface area contributed by atoms with Gasteiger partial charge in [-0.1, -0.05) is 0 Å². The van der Waals surface area contributed by atoms with Crippen LogP contribution in [0.15, 0.2) is 30.6 Å². The van der Waals surface area contributed by atoms with Crippen LogP contribution in [0.5, 0.6) is 0 Å². The summed E-state index contributed by atoms with van der Waals surface area (Å²) in [6, 6.07) is 3.10. The Morgan fingerprint density at radius 3 is 2.81 bits per heavy atom. The maximum atomic E-state index is 13.5. The number of aromatic nitrogens is 2. The molecule has 2 rings (SSSR count). The first kappa shape index (κ1) is 15.6. The maximum Gasteiger partial charge on any atom is 0.129 e. The third-order valence-electron chi connectivity index (χ3n) is 3.20. The Hall–Kier alpha value is -1.79. The van der Waals surface area contributed by atoms with E-state index in [2.05, 4.69) is 10.4 Å². The summed E-state index contributed by atoms with van der Waals surface area (Å²) in [5, 5.41) is 17.2. The zero-order valence-electron chi connectivity index (χ0n) is 12.1. The molecule has 2 atom stereocenters. The molecule has 0 amide bonds. The Kier molecular flexibility index (Phi) is 5.03. The zero-order chi connectivity index (χ0) is 15.4. The monoisotopic (exact) mass is 295 g/mol. The standard InChI is InChI=1S/C15H19F2N3O/c1-10-6-19-20(8-10)9-11(2)18-7-15(21)13-5-12(16)3-4-14(13)17/h3-6,8,11,15,18,21H,7,9H2,1-2H3/t11-,15-/m0/s1. The summed E-state index contributed by atoms with van der Waals surface area (Å²) in [7, 11) is 0. The van der Waals surface area contributed by atoms with E-state index < -0.39 is 17.7 Å². The molecule has 114 valence electrons. The van der Waals surface area contributed by atoms with Crippen LogP contribution in [0.25, 0.3) is 0 Å². The van der Waals surface area contributed by atoms with Gasteiger partial charge in [0.2, 0.25) is 0 Å². The van der Waals surface area contributed by atoms with Crippen LogP contribution in [0.4, 0.5) is 8.78 Å². The second-order valence-electron chi connectivity index (χ2n) is 5.23. The number of rotatable bonds is 6. The minimum absolute atomic E-state index is 0.0374. The summed E-state index contributed by atoms with van der Waals surface area (Å²) in [5.74, 6) is -1.17. The summed E-state index contributed by atoms with van der Waals surface area (Å²) >= 11 is 0. The zero-order valence-corrected chi connectivity index (χ0v) is 12.1. The number of hydrogen-bond donors (Lipinski definition) is 2. The Morgan fingerprint density at radius 1 is 1.38 bits per heavy atom. The molecular formula is C15H19F2N3O. The molecule has 1 aromatic heterocycles. The van der Waals surface area contributed by atoms with E-state index in [9.17, 15) is 13.9 Å². The molecule has 0 aliphatic rings. The number of nitrogens with one attached hydrogen (secondary N) is 1. The average molecular weight is 295 g/mol. The van der Waals surface area contributed by atoms with Crippen LogP contribution in [0, 0.1) is 18.6 Å². The molecule has 6 heteroatoms. The second-order valence-corrected chi connectivity index (χ2v) is 5.23. The highest BCUT2D eigenvalue weighted by atomic mass is 19.1. The lowest BCUT2D eigenvalue weighted by atomic mass is 10.1.